The maximum Gasteiger partial charge on any atom is 1.04 e. The lowest BCUT2D eigenvalue weighted by Crippen LogP contribution is -2.50. The van der Waals surface area contributed by atoms with Crippen molar-refractivity contribution in [2.24, 2.45) is 0 Å². The molecular formula is C7HBF6O6. The van der Waals surface area contributed by atoms with E-state index in [4.69, 9.17) is 0 Å². The monoisotopic (exact) mass is 306 g/mol. The number of carbonyl (C=O) groups is 2. The third-order valence-corrected chi connectivity index (χ3v) is 2.03. The fourth-order valence-corrected chi connectivity index (χ4v) is 1.30. The molecular weight excluding hydrogens is 305 g/mol. The van der Waals surface area contributed by atoms with Crippen LogP contribution in [-0.2, 0) is 27.9 Å². The molecule has 20 heavy (non-hydrogen) atoms. The van der Waals surface area contributed by atoms with Gasteiger partial charge in [-0.25, -0.2) is 9.59 Å². The number of ketones is 1. The zero-order chi connectivity index (χ0) is 15.3. The van der Waals surface area contributed by atoms with Crippen LogP contribution in [0.5, 0.6) is 0 Å². The van der Waals surface area contributed by atoms with Crippen molar-refractivity contribution >= 4 is 24.7 Å². The number of rotatable bonds is 0. The molecule has 2 heterocycles. The highest BCUT2D eigenvalue weighted by atomic mass is 19.4. The molecule has 0 unspecified atom stereocenters. The summed E-state index contributed by atoms with van der Waals surface area (Å²) in [5.41, 5.74) is 0. The average Bonchev–Trinajstić information content (AvgIpc) is 2.50. The minimum absolute atomic E-state index is 0.493. The Morgan fingerprint density at radius 3 is 1.80 bits per heavy atom. The summed E-state index contributed by atoms with van der Waals surface area (Å²) in [6.45, 7) is -4.32. The summed E-state index contributed by atoms with van der Waals surface area (Å²) in [4.78, 5) is 21.5. The second kappa shape index (κ2) is 3.90. The molecule has 0 aromatic carbocycles. The standard InChI is InChI=1S/C7HBF6O6/c9-6(10,11)2-1-3(7(12,13)14)18-8(17-2)19-4(15)5(16)20-8/h1H. The molecule has 1 fully saturated rings. The van der Waals surface area contributed by atoms with Gasteiger partial charge in [0.25, 0.3) is 0 Å². The van der Waals surface area contributed by atoms with Crippen LogP contribution in [0.3, 0.4) is 0 Å². The molecule has 2 aliphatic rings. The van der Waals surface area contributed by atoms with Gasteiger partial charge in [-0.05, 0) is 0 Å². The molecule has 0 amide bonds. The highest BCUT2D eigenvalue weighted by Crippen LogP contribution is 2.35. The zero-order valence-electron chi connectivity index (χ0n) is 8.87. The van der Waals surface area contributed by atoms with Crippen molar-refractivity contribution < 1.29 is 54.2 Å². The van der Waals surface area contributed by atoms with Crippen molar-refractivity contribution in [1.29, 1.82) is 0 Å². The third kappa shape index (κ3) is 2.42. The van der Waals surface area contributed by atoms with E-state index >= 15 is 0 Å². The zero-order valence-corrected chi connectivity index (χ0v) is 8.87. The van der Waals surface area contributed by atoms with Crippen molar-refractivity contribution in [2.75, 3.05) is 0 Å². The molecule has 110 valence electrons. The largest absolute Gasteiger partial charge is 1.04 e. The number of allylic oxidation sites excluding steroid dienone is 2. The first-order valence-electron chi connectivity index (χ1n) is 4.63. The molecule has 0 bridgehead atoms. The molecule has 0 aromatic rings. The predicted octanol–water partition coefficient (Wildman–Crippen LogP) is 0.665. The summed E-state index contributed by atoms with van der Waals surface area (Å²) < 4.78 is 90.3. The summed E-state index contributed by atoms with van der Waals surface area (Å²) in [7, 11) is 0. The van der Waals surface area contributed by atoms with Crippen LogP contribution in [0.2, 0.25) is 0 Å². The Morgan fingerprint density at radius 1 is 0.900 bits per heavy atom. The van der Waals surface area contributed by atoms with Gasteiger partial charge in [0, 0.05) is 0 Å². The normalized spacial score (nSPS) is 21.9. The lowest BCUT2D eigenvalue weighted by atomic mass is 10.0. The van der Waals surface area contributed by atoms with Crippen molar-refractivity contribution in [2.45, 2.75) is 12.4 Å². The maximum absolute atomic E-state index is 12.4. The quantitative estimate of drug-likeness (QED) is 0.285. The molecule has 0 N–H and O–H groups in total. The first-order valence-corrected chi connectivity index (χ1v) is 4.63. The summed E-state index contributed by atoms with van der Waals surface area (Å²) in [5.74, 6) is -8.04. The van der Waals surface area contributed by atoms with Gasteiger partial charge in [0.2, 0.25) is 0 Å². The fourth-order valence-electron chi connectivity index (χ4n) is 1.30. The number of hydrogen-bond acceptors (Lipinski definition) is 5. The molecule has 6 nitrogen and oxygen atoms in total. The molecule has 2 rings (SSSR count). The van der Waals surface area contributed by atoms with Crippen LogP contribution < -0.4 is 0 Å². The van der Waals surface area contributed by atoms with Gasteiger partial charge in [-0.1, -0.05) is 0 Å². The lowest BCUT2D eigenvalue weighted by molar-refractivity contribution is -0.392. The molecule has 1 spiro atoms. The van der Waals surface area contributed by atoms with E-state index in [2.05, 4.69) is 18.3 Å². The Labute approximate surface area is 104 Å². The van der Waals surface area contributed by atoms with Crippen LogP contribution in [0.4, 0.5) is 26.3 Å². The third-order valence-electron chi connectivity index (χ3n) is 2.03. The van der Waals surface area contributed by atoms with Crippen molar-refractivity contribution in [3.63, 3.8) is 0 Å². The number of halogens is 6. The van der Waals surface area contributed by atoms with Crippen LogP contribution in [0.15, 0.2) is 11.8 Å². The highest BCUT2D eigenvalue weighted by molar-refractivity contribution is 6.65. The van der Waals surface area contributed by atoms with Gasteiger partial charge in [-0.3, -0.25) is 0 Å². The minimum atomic E-state index is -5.35. The van der Waals surface area contributed by atoms with Crippen LogP contribution in [0.1, 0.15) is 0 Å². The minimum Gasteiger partial charge on any atom is -0.548 e. The molecule has 0 aliphatic carbocycles. The molecule has 2 aliphatic heterocycles. The second-order valence-corrected chi connectivity index (χ2v) is 3.49. The molecule has 0 saturated carbocycles. The van der Waals surface area contributed by atoms with Gasteiger partial charge in [0.05, 0.1) is 6.08 Å². The van der Waals surface area contributed by atoms with Gasteiger partial charge in [0.1, 0.15) is 0 Å². The van der Waals surface area contributed by atoms with E-state index in [1.165, 1.54) is 0 Å². The van der Waals surface area contributed by atoms with Gasteiger partial charge >= 0.3 is 37.0 Å². The molecule has 0 aromatic heterocycles. The summed E-state index contributed by atoms with van der Waals surface area (Å²) in [5, 5.41) is 0. The first kappa shape index (κ1) is 14.2. The van der Waals surface area contributed by atoms with Crippen LogP contribution in [0, 0.1) is 0 Å². The maximum atomic E-state index is 12.4. The second-order valence-electron chi connectivity index (χ2n) is 3.49. The Hall–Kier alpha value is -2.21. The van der Waals surface area contributed by atoms with E-state index in [9.17, 15) is 35.9 Å². The van der Waals surface area contributed by atoms with Crippen molar-refractivity contribution in [1.82, 2.24) is 0 Å². The summed E-state index contributed by atoms with van der Waals surface area (Å²) >= 11 is 0. The average molecular weight is 306 g/mol. The van der Waals surface area contributed by atoms with Crippen LogP contribution >= 0.6 is 0 Å². The Bertz CT molecular complexity index is 529. The first-order chi connectivity index (χ1) is 8.93. The van der Waals surface area contributed by atoms with Crippen molar-refractivity contribution in [3.8, 4) is 0 Å². The van der Waals surface area contributed by atoms with E-state index in [0.29, 0.717) is 0 Å². The SMILES string of the molecule is O=C1O[B-]2(OC1=O)OC(C(F)(F)F)=CC(C(F)(F)F)=[O+]2. The Balaban J connectivity index is 2.49. The van der Waals surface area contributed by atoms with E-state index in [0.717, 1.165) is 0 Å². The number of alkyl halides is 6. The van der Waals surface area contributed by atoms with Crippen LogP contribution in [-0.4, -0.2) is 37.0 Å². The number of hydrogen-bond donors (Lipinski definition) is 0. The molecule has 0 radical (unpaired) electrons. The summed E-state index contributed by atoms with van der Waals surface area (Å²) in [6.07, 6.45) is -11.2. The van der Waals surface area contributed by atoms with E-state index < -0.39 is 48.9 Å². The Morgan fingerprint density at radius 2 is 1.40 bits per heavy atom. The van der Waals surface area contributed by atoms with Gasteiger partial charge in [-0.15, -0.1) is 0 Å². The van der Waals surface area contributed by atoms with E-state index in [1.807, 2.05) is 0 Å². The van der Waals surface area contributed by atoms with E-state index in [1.54, 1.807) is 0 Å². The smallest absolute Gasteiger partial charge is 0.548 e. The van der Waals surface area contributed by atoms with Gasteiger partial charge in [-0.2, -0.15) is 26.3 Å². The van der Waals surface area contributed by atoms with Crippen LogP contribution in [0.25, 0.3) is 0 Å². The van der Waals surface area contributed by atoms with E-state index in [-0.39, 0.29) is 0 Å². The fraction of sp³-hybridized carbons (Fsp3) is 0.286. The van der Waals surface area contributed by atoms with Crippen molar-refractivity contribution in [3.05, 3.63) is 11.8 Å². The predicted molar refractivity (Wildman–Crippen MR) is 44.2 cm³/mol. The topological polar surface area (TPSA) is 73.1 Å². The number of carbonyl (C=O) groups excluding carboxylic acids is 3. The Kier molecular flexibility index (Phi) is 2.77. The van der Waals surface area contributed by atoms with Gasteiger partial charge in [0.15, 0.2) is 5.76 Å². The molecule has 13 heteroatoms. The highest BCUT2D eigenvalue weighted by Gasteiger charge is 2.71. The molecule has 1 saturated heterocycles. The molecule has 0 atom stereocenters. The lowest BCUT2D eigenvalue weighted by Gasteiger charge is -2.25. The summed E-state index contributed by atoms with van der Waals surface area (Å²) in [6, 6.07) is 0. The van der Waals surface area contributed by atoms with Gasteiger partial charge < -0.3 is 18.3 Å².